The molecule has 0 saturated carbocycles. The Bertz CT molecular complexity index is 607. The number of hydrogen-bond acceptors (Lipinski definition) is 5. The molecule has 3 rings (SSSR count). The zero-order chi connectivity index (χ0) is 13.2. The molecule has 1 aromatic heterocycles. The largest absolute Gasteiger partial charge is 0.333 e. The lowest BCUT2D eigenvalue weighted by Crippen LogP contribution is -2.31. The van der Waals surface area contributed by atoms with E-state index in [0.29, 0.717) is 5.25 Å². The van der Waals surface area contributed by atoms with Gasteiger partial charge in [0, 0.05) is 23.9 Å². The smallest absolute Gasteiger partial charge is 0.271 e. The van der Waals surface area contributed by atoms with Crippen LogP contribution in [0.25, 0.3) is 11.0 Å². The summed E-state index contributed by atoms with van der Waals surface area (Å²) >= 11 is 1.71. The lowest BCUT2D eigenvalue weighted by molar-refractivity contribution is -0.384. The summed E-state index contributed by atoms with van der Waals surface area (Å²) in [5, 5.41) is 15.4. The van der Waals surface area contributed by atoms with Gasteiger partial charge in [0.05, 0.1) is 16.0 Å². The van der Waals surface area contributed by atoms with Crippen LogP contribution in [-0.4, -0.2) is 33.2 Å². The van der Waals surface area contributed by atoms with E-state index in [4.69, 9.17) is 0 Å². The van der Waals surface area contributed by atoms with E-state index in [0.717, 1.165) is 29.3 Å². The first kappa shape index (κ1) is 12.4. The molecule has 100 valence electrons. The summed E-state index contributed by atoms with van der Waals surface area (Å²) in [6, 6.07) is 4.71. The number of nitro groups is 1. The van der Waals surface area contributed by atoms with Crippen LogP contribution in [0.1, 0.15) is 12.8 Å². The molecular formula is C12H14N4O2S. The third-order valence-corrected chi connectivity index (χ3v) is 4.34. The molecule has 0 radical (unpaired) electrons. The molecule has 0 unspecified atom stereocenters. The molecule has 1 atom stereocenters. The maximum absolute atomic E-state index is 10.7. The molecule has 1 fully saturated rings. The van der Waals surface area contributed by atoms with Gasteiger partial charge < -0.3 is 10.3 Å². The van der Waals surface area contributed by atoms with Crippen LogP contribution >= 0.6 is 11.8 Å². The topological polar surface area (TPSA) is 83.8 Å². The second kappa shape index (κ2) is 5.18. The van der Waals surface area contributed by atoms with Crippen molar-refractivity contribution in [2.75, 3.05) is 13.1 Å². The Morgan fingerprint density at radius 1 is 1.47 bits per heavy atom. The monoisotopic (exact) mass is 278 g/mol. The molecular weight excluding hydrogens is 264 g/mol. The highest BCUT2D eigenvalue weighted by molar-refractivity contribution is 7.99. The predicted molar refractivity (Wildman–Crippen MR) is 74.5 cm³/mol. The van der Waals surface area contributed by atoms with Gasteiger partial charge in [0.15, 0.2) is 5.16 Å². The first-order chi connectivity index (χ1) is 9.22. The summed E-state index contributed by atoms with van der Waals surface area (Å²) in [6.45, 7) is 2.07. The Hall–Kier alpha value is -1.60. The highest BCUT2D eigenvalue weighted by atomic mass is 32.2. The van der Waals surface area contributed by atoms with Gasteiger partial charge in [-0.2, -0.15) is 0 Å². The van der Waals surface area contributed by atoms with Crippen molar-refractivity contribution in [3.8, 4) is 0 Å². The van der Waals surface area contributed by atoms with Gasteiger partial charge in [0.25, 0.3) is 5.69 Å². The van der Waals surface area contributed by atoms with E-state index in [-0.39, 0.29) is 5.69 Å². The van der Waals surface area contributed by atoms with Gasteiger partial charge in [0.2, 0.25) is 0 Å². The number of piperidine rings is 1. The Morgan fingerprint density at radius 3 is 3.11 bits per heavy atom. The summed E-state index contributed by atoms with van der Waals surface area (Å²) in [5.41, 5.74) is 1.59. The van der Waals surface area contributed by atoms with Crippen LogP contribution in [0.15, 0.2) is 23.4 Å². The van der Waals surface area contributed by atoms with E-state index < -0.39 is 4.92 Å². The number of imidazole rings is 1. The van der Waals surface area contributed by atoms with E-state index in [1.165, 1.54) is 25.0 Å². The molecule has 6 nitrogen and oxygen atoms in total. The number of rotatable bonds is 3. The van der Waals surface area contributed by atoms with Crippen LogP contribution in [0.4, 0.5) is 5.69 Å². The van der Waals surface area contributed by atoms with Gasteiger partial charge >= 0.3 is 0 Å². The quantitative estimate of drug-likeness (QED) is 0.665. The average molecular weight is 278 g/mol. The molecule has 1 saturated heterocycles. The lowest BCUT2D eigenvalue weighted by atomic mass is 10.2. The van der Waals surface area contributed by atoms with Crippen molar-refractivity contribution in [1.82, 2.24) is 15.3 Å². The normalized spacial score (nSPS) is 19.7. The predicted octanol–water partition coefficient (Wildman–Crippen LogP) is 2.32. The van der Waals surface area contributed by atoms with Gasteiger partial charge in [-0.15, -0.1) is 0 Å². The second-order valence-corrected chi connectivity index (χ2v) is 5.88. The van der Waals surface area contributed by atoms with Crippen LogP contribution in [0.2, 0.25) is 0 Å². The summed E-state index contributed by atoms with van der Waals surface area (Å²) in [5.74, 6) is 0. The highest BCUT2D eigenvalue weighted by Gasteiger charge is 2.17. The molecule has 0 amide bonds. The Morgan fingerprint density at radius 2 is 2.37 bits per heavy atom. The van der Waals surface area contributed by atoms with Crippen molar-refractivity contribution in [1.29, 1.82) is 0 Å². The minimum Gasteiger partial charge on any atom is -0.333 e. The van der Waals surface area contributed by atoms with E-state index in [9.17, 15) is 10.1 Å². The number of nitrogens with one attached hydrogen (secondary N) is 2. The van der Waals surface area contributed by atoms with Gasteiger partial charge in [-0.25, -0.2) is 4.98 Å². The molecule has 0 spiro atoms. The number of fused-ring (bicyclic) bond motifs is 1. The molecule has 2 aromatic rings. The number of aromatic nitrogens is 2. The van der Waals surface area contributed by atoms with E-state index >= 15 is 0 Å². The third kappa shape index (κ3) is 2.71. The number of aromatic amines is 1. The fourth-order valence-electron chi connectivity index (χ4n) is 2.22. The number of hydrogen-bond donors (Lipinski definition) is 2. The molecule has 0 bridgehead atoms. The lowest BCUT2D eigenvalue weighted by Gasteiger charge is -2.20. The molecule has 19 heavy (non-hydrogen) atoms. The van der Waals surface area contributed by atoms with E-state index in [1.807, 2.05) is 0 Å². The van der Waals surface area contributed by atoms with Crippen molar-refractivity contribution in [2.45, 2.75) is 23.2 Å². The van der Waals surface area contributed by atoms with Gasteiger partial charge in [-0.3, -0.25) is 10.1 Å². The molecule has 1 aromatic carbocycles. The average Bonchev–Trinajstić information content (AvgIpc) is 2.80. The molecule has 1 aliphatic heterocycles. The number of nitrogens with zero attached hydrogens (tertiary/aromatic N) is 2. The molecule has 7 heteroatoms. The standard InChI is InChI=1S/C12H14N4O2S/c17-16(18)8-3-4-10-11(6-8)15-12(14-10)19-9-2-1-5-13-7-9/h3-4,6,9,13H,1-2,5,7H2,(H,14,15)/t9-/m1/s1. The first-order valence-electron chi connectivity index (χ1n) is 6.24. The molecule has 2 heterocycles. The van der Waals surface area contributed by atoms with Crippen molar-refractivity contribution < 1.29 is 4.92 Å². The fraction of sp³-hybridized carbons (Fsp3) is 0.417. The minimum atomic E-state index is -0.391. The second-order valence-electron chi connectivity index (χ2n) is 4.59. The fourth-order valence-corrected chi connectivity index (χ4v) is 3.34. The van der Waals surface area contributed by atoms with E-state index in [2.05, 4.69) is 15.3 Å². The van der Waals surface area contributed by atoms with Crippen molar-refractivity contribution in [2.24, 2.45) is 0 Å². The maximum Gasteiger partial charge on any atom is 0.271 e. The van der Waals surface area contributed by atoms with Gasteiger partial charge in [0.1, 0.15) is 0 Å². The van der Waals surface area contributed by atoms with Gasteiger partial charge in [-0.1, -0.05) is 11.8 Å². The molecule has 0 aliphatic carbocycles. The molecule has 2 N–H and O–H groups in total. The molecule has 1 aliphatic rings. The third-order valence-electron chi connectivity index (χ3n) is 3.18. The zero-order valence-corrected chi connectivity index (χ0v) is 11.1. The zero-order valence-electron chi connectivity index (χ0n) is 10.3. The van der Waals surface area contributed by atoms with Crippen LogP contribution in [0, 0.1) is 10.1 Å². The summed E-state index contributed by atoms with van der Waals surface area (Å²) in [4.78, 5) is 18.0. The van der Waals surface area contributed by atoms with Crippen LogP contribution in [-0.2, 0) is 0 Å². The Labute approximate surface area is 114 Å². The Balaban J connectivity index is 1.82. The van der Waals surface area contributed by atoms with Gasteiger partial charge in [-0.05, 0) is 25.5 Å². The van der Waals surface area contributed by atoms with Crippen LogP contribution < -0.4 is 5.32 Å². The number of non-ortho nitro benzene ring substituents is 1. The SMILES string of the molecule is O=[N+]([O-])c1ccc2nc(S[C@@H]3CCCNC3)[nH]c2c1. The minimum absolute atomic E-state index is 0.0898. The summed E-state index contributed by atoms with van der Waals surface area (Å²) < 4.78 is 0. The number of nitro benzene ring substituents is 1. The summed E-state index contributed by atoms with van der Waals surface area (Å²) in [7, 11) is 0. The Kier molecular flexibility index (Phi) is 3.39. The van der Waals surface area contributed by atoms with Crippen LogP contribution in [0.3, 0.4) is 0 Å². The van der Waals surface area contributed by atoms with Crippen molar-refractivity contribution in [3.63, 3.8) is 0 Å². The van der Waals surface area contributed by atoms with Crippen LogP contribution in [0.5, 0.6) is 0 Å². The van der Waals surface area contributed by atoms with Crippen molar-refractivity contribution >= 4 is 28.5 Å². The maximum atomic E-state index is 10.7. The first-order valence-corrected chi connectivity index (χ1v) is 7.12. The van der Waals surface area contributed by atoms with E-state index in [1.54, 1.807) is 17.8 Å². The number of benzene rings is 1. The van der Waals surface area contributed by atoms with Crippen molar-refractivity contribution in [3.05, 3.63) is 28.3 Å². The highest BCUT2D eigenvalue weighted by Crippen LogP contribution is 2.28. The summed E-state index contributed by atoms with van der Waals surface area (Å²) in [6.07, 6.45) is 2.36. The number of H-pyrrole nitrogens is 1. The number of thioether (sulfide) groups is 1.